The highest BCUT2D eigenvalue weighted by atomic mass is 32.1. The lowest BCUT2D eigenvalue weighted by Gasteiger charge is -2.21. The fourth-order valence-electron chi connectivity index (χ4n) is 2.90. The van der Waals surface area contributed by atoms with Gasteiger partial charge in [0.1, 0.15) is 0 Å². The van der Waals surface area contributed by atoms with Crippen molar-refractivity contribution < 1.29 is 9.90 Å². The Morgan fingerprint density at radius 3 is 2.78 bits per heavy atom. The summed E-state index contributed by atoms with van der Waals surface area (Å²) in [7, 11) is 0. The summed E-state index contributed by atoms with van der Waals surface area (Å²) in [4.78, 5) is 15.6. The van der Waals surface area contributed by atoms with Crippen molar-refractivity contribution in [2.45, 2.75) is 25.5 Å². The Balaban J connectivity index is 1.71. The second-order valence-electron chi connectivity index (χ2n) is 6.10. The lowest BCUT2D eigenvalue weighted by Crippen LogP contribution is -2.38. The number of hydrogen-bond acceptors (Lipinski definition) is 4. The van der Waals surface area contributed by atoms with Crippen molar-refractivity contribution in [2.24, 2.45) is 0 Å². The molecule has 2 N–H and O–H groups in total. The largest absolute Gasteiger partial charge is 0.392 e. The van der Waals surface area contributed by atoms with Crippen LogP contribution in [0.2, 0.25) is 0 Å². The van der Waals surface area contributed by atoms with Gasteiger partial charge in [-0.2, -0.15) is 0 Å². The first-order valence-corrected chi connectivity index (χ1v) is 8.79. The van der Waals surface area contributed by atoms with Crippen LogP contribution in [0.3, 0.4) is 0 Å². The van der Waals surface area contributed by atoms with Gasteiger partial charge >= 0.3 is 0 Å². The average Bonchev–Trinajstić information content (AvgIpc) is 3.18. The van der Waals surface area contributed by atoms with Gasteiger partial charge in [0.05, 0.1) is 18.7 Å². The van der Waals surface area contributed by atoms with Gasteiger partial charge in [0.2, 0.25) is 5.91 Å². The van der Waals surface area contributed by atoms with Gasteiger partial charge in [-0.05, 0) is 30.4 Å². The molecule has 2 heterocycles. The highest BCUT2D eigenvalue weighted by molar-refractivity contribution is 7.10. The van der Waals surface area contributed by atoms with Crippen molar-refractivity contribution in [2.75, 3.05) is 19.6 Å². The highest BCUT2D eigenvalue weighted by Gasteiger charge is 2.24. The molecule has 1 unspecified atom stereocenters. The minimum atomic E-state index is -0.298. The fourth-order valence-corrected chi connectivity index (χ4v) is 3.70. The first kappa shape index (κ1) is 16.2. The molecule has 5 heteroatoms. The summed E-state index contributed by atoms with van der Waals surface area (Å²) in [6.07, 6.45) is 0.451. The number of aliphatic hydroxyl groups is 1. The van der Waals surface area contributed by atoms with Crippen LogP contribution in [0.4, 0.5) is 0 Å². The molecule has 1 amide bonds. The van der Waals surface area contributed by atoms with E-state index in [1.165, 1.54) is 5.56 Å². The molecule has 2 atom stereocenters. The minimum absolute atomic E-state index is 0.00178. The molecule has 0 radical (unpaired) electrons. The number of nitrogens with one attached hydrogen (secondary N) is 1. The molecular weight excluding hydrogens is 308 g/mol. The minimum Gasteiger partial charge on any atom is -0.392 e. The van der Waals surface area contributed by atoms with E-state index in [-0.39, 0.29) is 18.1 Å². The van der Waals surface area contributed by atoms with Gasteiger partial charge < -0.3 is 10.4 Å². The van der Waals surface area contributed by atoms with Crippen molar-refractivity contribution in [3.8, 4) is 0 Å². The summed E-state index contributed by atoms with van der Waals surface area (Å²) in [5.74, 6) is -0.00178. The van der Waals surface area contributed by atoms with Crippen LogP contribution in [0.15, 0.2) is 41.8 Å². The predicted molar refractivity (Wildman–Crippen MR) is 92.5 cm³/mol. The Labute approximate surface area is 140 Å². The topological polar surface area (TPSA) is 52.6 Å². The van der Waals surface area contributed by atoms with E-state index < -0.39 is 0 Å². The summed E-state index contributed by atoms with van der Waals surface area (Å²) in [5.41, 5.74) is 2.30. The van der Waals surface area contributed by atoms with Crippen LogP contribution in [-0.2, 0) is 4.79 Å². The molecule has 23 heavy (non-hydrogen) atoms. The molecule has 1 aromatic carbocycles. The maximum atomic E-state index is 12.4. The van der Waals surface area contributed by atoms with Gasteiger partial charge in [-0.15, -0.1) is 11.3 Å². The Hall–Kier alpha value is -1.69. The number of hydrogen-bond donors (Lipinski definition) is 2. The molecule has 1 saturated heterocycles. The van der Waals surface area contributed by atoms with Crippen LogP contribution >= 0.6 is 11.3 Å². The number of carbonyl (C=O) groups is 1. The fraction of sp³-hybridized carbons (Fsp3) is 0.389. The number of likely N-dealkylation sites (tertiary alicyclic amines) is 1. The summed E-state index contributed by atoms with van der Waals surface area (Å²) < 4.78 is 0. The van der Waals surface area contributed by atoms with Crippen molar-refractivity contribution in [1.82, 2.24) is 10.2 Å². The second-order valence-corrected chi connectivity index (χ2v) is 7.08. The van der Waals surface area contributed by atoms with E-state index in [1.54, 1.807) is 11.3 Å². The van der Waals surface area contributed by atoms with Gasteiger partial charge in [-0.3, -0.25) is 9.69 Å². The van der Waals surface area contributed by atoms with E-state index in [0.717, 1.165) is 23.4 Å². The number of thiophene rings is 1. The van der Waals surface area contributed by atoms with Crippen LogP contribution in [-0.4, -0.2) is 41.7 Å². The van der Waals surface area contributed by atoms with E-state index in [4.69, 9.17) is 0 Å². The quantitative estimate of drug-likeness (QED) is 0.885. The Bertz CT molecular complexity index is 640. The Morgan fingerprint density at radius 2 is 2.17 bits per heavy atom. The van der Waals surface area contributed by atoms with E-state index in [9.17, 15) is 9.90 Å². The van der Waals surface area contributed by atoms with Crippen LogP contribution in [0, 0.1) is 6.92 Å². The van der Waals surface area contributed by atoms with Crippen LogP contribution in [0.5, 0.6) is 0 Å². The summed E-state index contributed by atoms with van der Waals surface area (Å²) in [6, 6.07) is 12.2. The molecule has 122 valence electrons. The van der Waals surface area contributed by atoms with E-state index in [0.29, 0.717) is 13.1 Å². The molecule has 0 saturated carbocycles. The van der Waals surface area contributed by atoms with Crippen LogP contribution in [0.1, 0.15) is 28.5 Å². The number of carbonyl (C=O) groups excluding carboxylic acids is 1. The van der Waals surface area contributed by atoms with Gasteiger partial charge in [0.25, 0.3) is 0 Å². The molecule has 4 nitrogen and oxygen atoms in total. The zero-order chi connectivity index (χ0) is 16.2. The van der Waals surface area contributed by atoms with Crippen LogP contribution in [0.25, 0.3) is 0 Å². The molecule has 1 fully saturated rings. The number of aliphatic hydroxyl groups excluding tert-OH is 1. The first-order chi connectivity index (χ1) is 11.1. The summed E-state index contributed by atoms with van der Waals surface area (Å²) in [6.45, 7) is 3.76. The van der Waals surface area contributed by atoms with Gasteiger partial charge in [0.15, 0.2) is 0 Å². The zero-order valence-corrected chi connectivity index (χ0v) is 14.1. The lowest BCUT2D eigenvalue weighted by molar-refractivity contribution is -0.122. The van der Waals surface area contributed by atoms with E-state index >= 15 is 0 Å². The van der Waals surface area contributed by atoms with E-state index in [1.807, 2.05) is 16.3 Å². The maximum absolute atomic E-state index is 12.4. The van der Waals surface area contributed by atoms with Crippen molar-refractivity contribution >= 4 is 17.2 Å². The molecule has 1 aromatic heterocycles. The molecule has 3 rings (SSSR count). The maximum Gasteiger partial charge on any atom is 0.234 e. The molecule has 1 aliphatic heterocycles. The summed E-state index contributed by atoms with van der Waals surface area (Å²) in [5, 5.41) is 14.7. The molecule has 1 aliphatic rings. The molecule has 0 bridgehead atoms. The number of nitrogens with zero attached hydrogens (tertiary/aromatic N) is 1. The van der Waals surface area contributed by atoms with Gasteiger partial charge in [-0.1, -0.05) is 35.9 Å². The molecule has 0 aliphatic carbocycles. The van der Waals surface area contributed by atoms with Crippen LogP contribution < -0.4 is 5.32 Å². The summed E-state index contributed by atoms with van der Waals surface area (Å²) >= 11 is 1.65. The standard InChI is InChI=1S/C18H22N2O2S/c1-13-4-6-14(7-5-13)18(16-3-2-10-23-16)19-17(22)12-20-9-8-15(21)11-20/h2-7,10,15,18,21H,8-9,11-12H2,1H3,(H,19,22)/t15-,18?/m0/s1. The lowest BCUT2D eigenvalue weighted by atomic mass is 10.0. The van der Waals surface area contributed by atoms with Crippen molar-refractivity contribution in [3.05, 3.63) is 57.8 Å². The normalized spacial score (nSPS) is 19.7. The number of aryl methyl sites for hydroxylation is 1. The number of β-amino-alcohol motifs (C(OH)–C–C–N with tert-alkyl or cyclic N) is 1. The van der Waals surface area contributed by atoms with Crippen molar-refractivity contribution in [1.29, 1.82) is 0 Å². The third-order valence-electron chi connectivity index (χ3n) is 4.16. The zero-order valence-electron chi connectivity index (χ0n) is 13.2. The molecule has 2 aromatic rings. The second kappa shape index (κ2) is 7.25. The van der Waals surface area contributed by atoms with Crippen molar-refractivity contribution in [3.63, 3.8) is 0 Å². The number of rotatable bonds is 5. The molecule has 0 spiro atoms. The third kappa shape index (κ3) is 4.19. The first-order valence-electron chi connectivity index (χ1n) is 7.91. The Morgan fingerprint density at radius 1 is 1.39 bits per heavy atom. The van der Waals surface area contributed by atoms with E-state index in [2.05, 4.69) is 42.6 Å². The highest BCUT2D eigenvalue weighted by Crippen LogP contribution is 2.26. The van der Waals surface area contributed by atoms with Gasteiger partial charge in [-0.25, -0.2) is 0 Å². The Kier molecular flexibility index (Phi) is 5.10. The molecular formula is C18H22N2O2S. The predicted octanol–water partition coefficient (Wildman–Crippen LogP) is 2.33. The number of benzene rings is 1. The van der Waals surface area contributed by atoms with Gasteiger partial charge in [0, 0.05) is 18.0 Å². The monoisotopic (exact) mass is 330 g/mol. The smallest absolute Gasteiger partial charge is 0.234 e. The number of amides is 1. The third-order valence-corrected chi connectivity index (χ3v) is 5.10. The average molecular weight is 330 g/mol. The SMILES string of the molecule is Cc1ccc(C(NC(=O)CN2CC[C@H](O)C2)c2cccs2)cc1.